The molecular weight excluding hydrogens is 305 g/mol. The first-order valence-corrected chi connectivity index (χ1v) is 7.35. The molecule has 22 heavy (non-hydrogen) atoms. The van der Waals surface area contributed by atoms with Crippen molar-refractivity contribution in [3.63, 3.8) is 0 Å². The van der Waals surface area contributed by atoms with Gasteiger partial charge in [-0.15, -0.1) is 0 Å². The molecule has 114 valence electrons. The molecule has 0 bridgehead atoms. The van der Waals surface area contributed by atoms with Crippen molar-refractivity contribution >= 4 is 23.3 Å². The molecule has 1 aromatic heterocycles. The number of aromatic nitrogens is 1. The highest BCUT2D eigenvalue weighted by molar-refractivity contribution is 6.33. The van der Waals surface area contributed by atoms with Gasteiger partial charge in [-0.25, -0.2) is 9.37 Å². The Morgan fingerprint density at radius 2 is 2.00 bits per heavy atom. The van der Waals surface area contributed by atoms with Crippen LogP contribution in [-0.4, -0.2) is 24.0 Å². The number of halogens is 2. The van der Waals surface area contributed by atoms with Gasteiger partial charge in [-0.1, -0.05) is 11.6 Å². The van der Waals surface area contributed by atoms with Crippen LogP contribution >= 0.6 is 11.6 Å². The second-order valence-corrected chi connectivity index (χ2v) is 5.71. The molecule has 0 spiro atoms. The van der Waals surface area contributed by atoms with Crippen LogP contribution in [0.4, 0.5) is 10.2 Å². The van der Waals surface area contributed by atoms with Crippen molar-refractivity contribution in [2.45, 2.75) is 6.42 Å². The van der Waals surface area contributed by atoms with E-state index in [2.05, 4.69) is 4.98 Å². The summed E-state index contributed by atoms with van der Waals surface area (Å²) in [5, 5.41) is 18.9. The van der Waals surface area contributed by atoms with Crippen molar-refractivity contribution < 1.29 is 9.50 Å². The van der Waals surface area contributed by atoms with Gasteiger partial charge < -0.3 is 15.4 Å². The van der Waals surface area contributed by atoms with Gasteiger partial charge in [-0.05, 0) is 48.7 Å². The Kier molecular flexibility index (Phi) is 3.98. The molecule has 0 unspecified atom stereocenters. The predicted octanol–water partition coefficient (Wildman–Crippen LogP) is 2.70. The van der Waals surface area contributed by atoms with Crippen LogP contribution in [-0.2, 0) is 0 Å². The molecule has 1 aromatic carbocycles. The second-order valence-electron chi connectivity index (χ2n) is 5.30. The molecule has 1 atom stereocenters. The number of pyridine rings is 1. The van der Waals surface area contributed by atoms with Gasteiger partial charge in [-0.3, -0.25) is 0 Å². The lowest BCUT2D eigenvalue weighted by Gasteiger charge is -2.20. The standard InChI is InChI=1S/C16H15ClFN3O/c17-13-5-6-14(21-8-7-11(9-21)16(19)22)20-15(13)10-1-3-12(18)4-2-10/h1-6,11H,7-9H2,(H2,19,22)/p-1/t11-/m1/s1. The Labute approximate surface area is 132 Å². The maximum Gasteiger partial charge on any atom is 0.129 e. The lowest BCUT2D eigenvalue weighted by Crippen LogP contribution is -2.29. The van der Waals surface area contributed by atoms with Crippen LogP contribution in [0.1, 0.15) is 6.42 Å². The first-order chi connectivity index (χ1) is 10.5. The summed E-state index contributed by atoms with van der Waals surface area (Å²) in [6.45, 7) is 1.19. The van der Waals surface area contributed by atoms with E-state index in [0.29, 0.717) is 36.0 Å². The van der Waals surface area contributed by atoms with Crippen LogP contribution < -0.4 is 10.0 Å². The first kappa shape index (κ1) is 14.8. The van der Waals surface area contributed by atoms with Gasteiger partial charge in [0, 0.05) is 24.6 Å². The van der Waals surface area contributed by atoms with E-state index < -0.39 is 5.90 Å². The van der Waals surface area contributed by atoms with E-state index >= 15 is 0 Å². The number of benzene rings is 1. The summed E-state index contributed by atoms with van der Waals surface area (Å²) in [4.78, 5) is 6.52. The van der Waals surface area contributed by atoms with E-state index in [1.807, 2.05) is 4.90 Å². The largest absolute Gasteiger partial charge is 0.862 e. The topological polar surface area (TPSA) is 63.0 Å². The zero-order valence-electron chi connectivity index (χ0n) is 11.7. The monoisotopic (exact) mass is 318 g/mol. The summed E-state index contributed by atoms with van der Waals surface area (Å²) >= 11 is 6.20. The maximum atomic E-state index is 13.0. The van der Waals surface area contributed by atoms with Crippen LogP contribution in [0.2, 0.25) is 5.02 Å². The van der Waals surface area contributed by atoms with Crippen LogP contribution in [0.3, 0.4) is 0 Å². The molecule has 1 N–H and O–H groups in total. The fraction of sp³-hybridized carbons (Fsp3) is 0.250. The summed E-state index contributed by atoms with van der Waals surface area (Å²) in [5.74, 6) is -0.387. The molecule has 2 aromatic rings. The highest BCUT2D eigenvalue weighted by Gasteiger charge is 2.23. The Morgan fingerprint density at radius 3 is 2.64 bits per heavy atom. The van der Waals surface area contributed by atoms with Crippen molar-refractivity contribution in [1.82, 2.24) is 4.98 Å². The summed E-state index contributed by atoms with van der Waals surface area (Å²) in [6, 6.07) is 9.54. The van der Waals surface area contributed by atoms with Crippen LogP contribution in [0.5, 0.6) is 0 Å². The normalized spacial score (nSPS) is 17.7. The zero-order valence-corrected chi connectivity index (χ0v) is 12.5. The van der Waals surface area contributed by atoms with Crippen LogP contribution in [0, 0.1) is 17.1 Å². The van der Waals surface area contributed by atoms with Gasteiger partial charge in [0.2, 0.25) is 0 Å². The van der Waals surface area contributed by atoms with Gasteiger partial charge in [0.25, 0.3) is 0 Å². The quantitative estimate of drug-likeness (QED) is 0.699. The molecule has 1 aliphatic rings. The lowest BCUT2D eigenvalue weighted by atomic mass is 10.1. The van der Waals surface area contributed by atoms with Gasteiger partial charge >= 0.3 is 0 Å². The molecule has 0 saturated carbocycles. The molecule has 0 aliphatic carbocycles. The van der Waals surface area contributed by atoms with Gasteiger partial charge in [0.05, 0.1) is 10.7 Å². The number of nitrogens with one attached hydrogen (secondary N) is 1. The molecule has 1 saturated heterocycles. The summed E-state index contributed by atoms with van der Waals surface area (Å²) in [6.07, 6.45) is 0.665. The van der Waals surface area contributed by atoms with Crippen molar-refractivity contribution in [3.05, 3.63) is 47.2 Å². The third kappa shape index (κ3) is 2.90. The molecule has 3 rings (SSSR count). The molecular formula is C16H14ClFN3O-. The first-order valence-electron chi connectivity index (χ1n) is 6.97. The molecule has 0 amide bonds. The van der Waals surface area contributed by atoms with E-state index in [-0.39, 0.29) is 11.7 Å². The minimum Gasteiger partial charge on any atom is -0.862 e. The van der Waals surface area contributed by atoms with Crippen LogP contribution in [0.15, 0.2) is 36.4 Å². The Balaban J connectivity index is 1.90. The number of hydrogen-bond acceptors (Lipinski definition) is 4. The van der Waals surface area contributed by atoms with E-state index in [4.69, 9.17) is 17.0 Å². The molecule has 2 heterocycles. The SMILES string of the molecule is N=C([O-])[C@@H]1CCN(c2ccc(Cl)c(-c3ccc(F)cc3)n2)C1. The summed E-state index contributed by atoms with van der Waals surface area (Å²) in [7, 11) is 0. The van der Waals surface area contributed by atoms with E-state index in [9.17, 15) is 9.50 Å². The third-order valence-electron chi connectivity index (χ3n) is 3.83. The molecule has 0 radical (unpaired) electrons. The van der Waals surface area contributed by atoms with E-state index in [0.717, 1.165) is 5.56 Å². The maximum absolute atomic E-state index is 13.0. The Hall–Kier alpha value is -2.14. The summed E-state index contributed by atoms with van der Waals surface area (Å²) < 4.78 is 13.0. The number of rotatable bonds is 3. The number of hydrogen-bond donors (Lipinski definition) is 1. The van der Waals surface area contributed by atoms with Gasteiger partial charge in [0.1, 0.15) is 11.6 Å². The average Bonchev–Trinajstić information content (AvgIpc) is 2.99. The highest BCUT2D eigenvalue weighted by atomic mass is 35.5. The summed E-state index contributed by atoms with van der Waals surface area (Å²) in [5.41, 5.74) is 1.32. The Bertz CT molecular complexity index is 705. The molecule has 4 nitrogen and oxygen atoms in total. The third-order valence-corrected chi connectivity index (χ3v) is 4.14. The van der Waals surface area contributed by atoms with Gasteiger partial charge in [-0.2, -0.15) is 0 Å². The predicted molar refractivity (Wildman–Crippen MR) is 82.7 cm³/mol. The van der Waals surface area contributed by atoms with Crippen LogP contribution in [0.25, 0.3) is 11.3 Å². The average molecular weight is 319 g/mol. The smallest absolute Gasteiger partial charge is 0.129 e. The van der Waals surface area contributed by atoms with Crippen molar-refractivity contribution in [2.75, 3.05) is 18.0 Å². The Morgan fingerprint density at radius 1 is 1.27 bits per heavy atom. The van der Waals surface area contributed by atoms with Crippen molar-refractivity contribution in [3.8, 4) is 11.3 Å². The van der Waals surface area contributed by atoms with Gasteiger partial charge in [0.15, 0.2) is 0 Å². The number of nitrogens with zero attached hydrogens (tertiary/aromatic N) is 2. The zero-order chi connectivity index (χ0) is 15.7. The lowest BCUT2D eigenvalue weighted by molar-refractivity contribution is -0.224. The van der Waals surface area contributed by atoms with Crippen molar-refractivity contribution in [2.24, 2.45) is 5.92 Å². The van der Waals surface area contributed by atoms with Crippen molar-refractivity contribution in [1.29, 1.82) is 5.41 Å². The van der Waals surface area contributed by atoms with E-state index in [1.165, 1.54) is 12.1 Å². The van der Waals surface area contributed by atoms with E-state index in [1.54, 1.807) is 24.3 Å². The molecule has 1 fully saturated rings. The molecule has 6 heteroatoms. The number of anilines is 1. The fourth-order valence-electron chi connectivity index (χ4n) is 2.60. The highest BCUT2D eigenvalue weighted by Crippen LogP contribution is 2.30. The minimum absolute atomic E-state index is 0.258. The molecule has 1 aliphatic heterocycles. The second kappa shape index (κ2) is 5.93. The fourth-order valence-corrected chi connectivity index (χ4v) is 2.81. The minimum atomic E-state index is -0.532.